The highest BCUT2D eigenvalue weighted by molar-refractivity contribution is 6.31. The van der Waals surface area contributed by atoms with Gasteiger partial charge in [-0.1, -0.05) is 18.5 Å². The van der Waals surface area contributed by atoms with Gasteiger partial charge in [0.15, 0.2) is 5.78 Å². The Morgan fingerprint density at radius 1 is 1.45 bits per heavy atom. The Labute approximate surface area is 123 Å². The lowest BCUT2D eigenvalue weighted by molar-refractivity contribution is -0.118. The quantitative estimate of drug-likeness (QED) is 0.787. The van der Waals surface area contributed by atoms with Crippen molar-refractivity contribution in [3.63, 3.8) is 0 Å². The maximum Gasteiger partial charge on any atom is 0.227 e. The fraction of sp³-hybridized carbons (Fsp3) is 0.333. The molecule has 0 saturated carbocycles. The summed E-state index contributed by atoms with van der Waals surface area (Å²) in [5.41, 5.74) is 1.72. The van der Waals surface area contributed by atoms with Gasteiger partial charge in [-0.15, -0.1) is 0 Å². The van der Waals surface area contributed by atoms with E-state index in [1.54, 1.807) is 34.2 Å². The minimum Gasteiger partial charge on any atom is -0.383 e. The summed E-state index contributed by atoms with van der Waals surface area (Å²) in [7, 11) is 3.69. The molecule has 1 heterocycles. The Kier molecular flexibility index (Phi) is 4.14. The van der Waals surface area contributed by atoms with Crippen molar-refractivity contribution < 1.29 is 9.59 Å². The molecule has 2 rings (SSSR count). The van der Waals surface area contributed by atoms with Crippen molar-refractivity contribution in [1.29, 1.82) is 0 Å². The van der Waals surface area contributed by atoms with Crippen LogP contribution in [0.4, 0.5) is 5.69 Å². The Bertz CT molecular complexity index is 594. The summed E-state index contributed by atoms with van der Waals surface area (Å²) in [5, 5.41) is 0.493. The number of benzene rings is 1. The lowest BCUT2D eigenvalue weighted by Gasteiger charge is -2.30. The van der Waals surface area contributed by atoms with E-state index in [0.29, 0.717) is 34.8 Å². The first-order chi connectivity index (χ1) is 9.43. The molecule has 0 radical (unpaired) electrons. The van der Waals surface area contributed by atoms with E-state index in [0.717, 1.165) is 0 Å². The molecule has 1 amide bonds. The van der Waals surface area contributed by atoms with E-state index in [1.165, 1.54) is 0 Å². The van der Waals surface area contributed by atoms with Crippen LogP contribution >= 0.6 is 11.6 Å². The molecule has 1 aromatic carbocycles. The molecule has 106 valence electrons. The summed E-state index contributed by atoms with van der Waals surface area (Å²) in [6.45, 7) is 2.11. The molecule has 0 spiro atoms. The highest BCUT2D eigenvalue weighted by Crippen LogP contribution is 2.32. The summed E-state index contributed by atoms with van der Waals surface area (Å²) >= 11 is 5.97. The monoisotopic (exact) mass is 292 g/mol. The van der Waals surface area contributed by atoms with Gasteiger partial charge in [0.1, 0.15) is 0 Å². The van der Waals surface area contributed by atoms with Gasteiger partial charge in [-0.2, -0.15) is 0 Å². The number of anilines is 1. The molecule has 0 N–H and O–H groups in total. The second-order valence-corrected chi connectivity index (χ2v) is 5.38. The van der Waals surface area contributed by atoms with Gasteiger partial charge in [-0.3, -0.25) is 9.59 Å². The van der Waals surface area contributed by atoms with E-state index < -0.39 is 0 Å². The third-order valence-electron chi connectivity index (χ3n) is 3.13. The van der Waals surface area contributed by atoms with E-state index in [9.17, 15) is 9.59 Å². The van der Waals surface area contributed by atoms with Crippen LogP contribution in [-0.2, 0) is 4.79 Å². The van der Waals surface area contributed by atoms with Gasteiger partial charge < -0.3 is 9.80 Å². The van der Waals surface area contributed by atoms with Gasteiger partial charge in [0.2, 0.25) is 5.91 Å². The number of halogens is 1. The molecule has 0 aromatic heterocycles. The normalized spacial score (nSPS) is 16.3. The fourth-order valence-corrected chi connectivity index (χ4v) is 2.42. The number of carbonyl (C=O) groups is 2. The van der Waals surface area contributed by atoms with Crippen LogP contribution in [-0.4, -0.2) is 37.2 Å². The maximum absolute atomic E-state index is 12.5. The summed E-state index contributed by atoms with van der Waals surface area (Å²) in [4.78, 5) is 28.0. The Hall–Kier alpha value is -1.81. The molecular weight excluding hydrogens is 276 g/mol. The van der Waals surface area contributed by atoms with Crippen LogP contribution in [0.2, 0.25) is 5.02 Å². The van der Waals surface area contributed by atoms with Crippen LogP contribution < -0.4 is 4.90 Å². The zero-order valence-electron chi connectivity index (χ0n) is 11.8. The van der Waals surface area contributed by atoms with E-state index in [-0.39, 0.29) is 11.7 Å². The first-order valence-electron chi connectivity index (χ1n) is 6.45. The van der Waals surface area contributed by atoms with Crippen molar-refractivity contribution in [2.24, 2.45) is 0 Å². The van der Waals surface area contributed by atoms with Crippen molar-refractivity contribution in [3.8, 4) is 0 Å². The van der Waals surface area contributed by atoms with Crippen molar-refractivity contribution >= 4 is 29.0 Å². The number of hydrogen-bond donors (Lipinski definition) is 0. The van der Waals surface area contributed by atoms with Crippen molar-refractivity contribution in [1.82, 2.24) is 4.90 Å². The van der Waals surface area contributed by atoms with Gasteiger partial charge >= 0.3 is 0 Å². The molecule has 5 heteroatoms. The smallest absolute Gasteiger partial charge is 0.227 e. The van der Waals surface area contributed by atoms with E-state index in [1.807, 2.05) is 21.0 Å². The first kappa shape index (κ1) is 14.6. The number of amides is 1. The number of Topliss-reactive ketones (excluding diaryl/α,β-unsaturated/α-hetero) is 1. The number of hydrogen-bond acceptors (Lipinski definition) is 3. The topological polar surface area (TPSA) is 40.6 Å². The van der Waals surface area contributed by atoms with Crippen molar-refractivity contribution in [2.45, 2.75) is 13.3 Å². The Morgan fingerprint density at radius 3 is 2.75 bits per heavy atom. The molecular formula is C15H17ClN2O2. The second-order valence-electron chi connectivity index (χ2n) is 4.94. The molecule has 0 bridgehead atoms. The van der Waals surface area contributed by atoms with Crippen LogP contribution in [0, 0.1) is 0 Å². The van der Waals surface area contributed by atoms with Gasteiger partial charge in [0.05, 0.1) is 12.2 Å². The molecule has 20 heavy (non-hydrogen) atoms. The van der Waals surface area contributed by atoms with Gasteiger partial charge in [-0.05, 0) is 18.2 Å². The van der Waals surface area contributed by atoms with Gasteiger partial charge in [0.25, 0.3) is 0 Å². The molecule has 4 nitrogen and oxygen atoms in total. The van der Waals surface area contributed by atoms with E-state index >= 15 is 0 Å². The molecule has 0 saturated heterocycles. The molecule has 0 atom stereocenters. The lowest BCUT2D eigenvalue weighted by atomic mass is 9.96. The molecule has 1 aliphatic rings. The zero-order valence-corrected chi connectivity index (χ0v) is 12.6. The summed E-state index contributed by atoms with van der Waals surface area (Å²) < 4.78 is 0. The van der Waals surface area contributed by atoms with E-state index in [4.69, 9.17) is 11.6 Å². The average Bonchev–Trinajstić information content (AvgIpc) is 2.41. The molecule has 0 unspecified atom stereocenters. The predicted molar refractivity (Wildman–Crippen MR) is 80.2 cm³/mol. The third-order valence-corrected chi connectivity index (χ3v) is 3.37. The molecule has 1 aliphatic heterocycles. The van der Waals surface area contributed by atoms with E-state index in [2.05, 4.69) is 0 Å². The third kappa shape index (κ3) is 2.70. The molecule has 1 aromatic rings. The molecule has 0 fully saturated rings. The highest BCUT2D eigenvalue weighted by Gasteiger charge is 2.30. The van der Waals surface area contributed by atoms with Gasteiger partial charge in [-0.25, -0.2) is 0 Å². The summed E-state index contributed by atoms with van der Waals surface area (Å²) in [6.07, 6.45) is 2.15. The minimum atomic E-state index is -0.0728. The van der Waals surface area contributed by atoms with Gasteiger partial charge in [0, 0.05) is 42.9 Å². The summed E-state index contributed by atoms with van der Waals surface area (Å²) in [6, 6.07) is 5.05. The van der Waals surface area contributed by atoms with Crippen LogP contribution in [0.15, 0.2) is 30.0 Å². The number of nitrogens with zero attached hydrogens (tertiary/aromatic N) is 2. The molecule has 0 aliphatic carbocycles. The number of fused-ring (bicyclic) bond motifs is 1. The standard InChI is InChI=1S/C15H17ClN2O2/c1-4-14(19)18-9-10(8-17(2)3)15(20)12-7-11(16)5-6-13(12)18/h5-8H,4,9H2,1-3H3. The average molecular weight is 293 g/mol. The Balaban J connectivity index is 2.56. The maximum atomic E-state index is 12.5. The zero-order chi connectivity index (χ0) is 14.9. The largest absolute Gasteiger partial charge is 0.383 e. The van der Waals surface area contributed by atoms with Crippen LogP contribution in [0.1, 0.15) is 23.7 Å². The summed E-state index contributed by atoms with van der Waals surface area (Å²) in [5.74, 6) is -0.0814. The van der Waals surface area contributed by atoms with Crippen LogP contribution in [0.3, 0.4) is 0 Å². The lowest BCUT2D eigenvalue weighted by Crippen LogP contribution is -2.39. The van der Waals surface area contributed by atoms with Crippen molar-refractivity contribution in [2.75, 3.05) is 25.5 Å². The minimum absolute atomic E-state index is 0.00858. The van der Waals surface area contributed by atoms with Crippen LogP contribution in [0.5, 0.6) is 0 Å². The second kappa shape index (κ2) is 5.67. The number of rotatable bonds is 2. The fourth-order valence-electron chi connectivity index (χ4n) is 2.25. The van der Waals surface area contributed by atoms with Crippen LogP contribution in [0.25, 0.3) is 0 Å². The van der Waals surface area contributed by atoms with Crippen molar-refractivity contribution in [3.05, 3.63) is 40.6 Å². The predicted octanol–water partition coefficient (Wildman–Crippen LogP) is 2.72. The highest BCUT2D eigenvalue weighted by atomic mass is 35.5. The first-order valence-corrected chi connectivity index (χ1v) is 6.83. The number of ketones is 1. The Morgan fingerprint density at radius 2 is 2.15 bits per heavy atom. The number of carbonyl (C=O) groups excluding carboxylic acids is 2. The SMILES string of the molecule is CCC(=O)N1CC(=CN(C)C)C(=O)c2cc(Cl)ccc21.